The van der Waals surface area contributed by atoms with Gasteiger partial charge in [0.15, 0.2) is 5.01 Å². The van der Waals surface area contributed by atoms with Gasteiger partial charge in [0.05, 0.1) is 0 Å². The number of nitrogens with one attached hydrogen (secondary N) is 1. The number of aromatic nitrogens is 2. The summed E-state index contributed by atoms with van der Waals surface area (Å²) in [5, 5.41) is 9.07. The van der Waals surface area contributed by atoms with Crippen LogP contribution in [-0.4, -0.2) is 22.3 Å². The number of hydrogen-bond donors (Lipinski definition) is 1. The number of carbonyl (C=O) groups excluding carboxylic acids is 1. The van der Waals surface area contributed by atoms with Crippen LogP contribution in [0, 0.1) is 0 Å². The highest BCUT2D eigenvalue weighted by Crippen LogP contribution is 2.33. The minimum Gasteiger partial charge on any atom is -0.486 e. The quantitative estimate of drug-likeness (QED) is 0.813. The van der Waals surface area contributed by atoms with Crippen LogP contribution in [0.15, 0.2) is 24.3 Å². The summed E-state index contributed by atoms with van der Waals surface area (Å²) in [7, 11) is 0. The topological polar surface area (TPSA) is 64.1 Å². The van der Waals surface area contributed by atoms with Crippen molar-refractivity contribution in [3.63, 3.8) is 0 Å². The third-order valence-electron chi connectivity index (χ3n) is 4.26. The molecule has 1 fully saturated rings. The number of ether oxygens (including phenoxy) is 1. The fraction of sp³-hybridized carbons (Fsp3) is 0.471. The maximum Gasteiger partial charge on any atom is 0.471 e. The first-order chi connectivity index (χ1) is 12.4. The van der Waals surface area contributed by atoms with Crippen molar-refractivity contribution in [1.82, 2.24) is 10.2 Å². The lowest BCUT2D eigenvalue weighted by molar-refractivity contribution is -0.167. The second kappa shape index (κ2) is 8.03. The molecule has 26 heavy (non-hydrogen) atoms. The van der Waals surface area contributed by atoms with E-state index in [2.05, 4.69) is 22.3 Å². The Labute approximate surface area is 152 Å². The lowest BCUT2D eigenvalue weighted by Crippen LogP contribution is -2.29. The molecule has 1 amide bonds. The lowest BCUT2D eigenvalue weighted by atomic mass is 9.84. The number of alkyl halides is 3. The van der Waals surface area contributed by atoms with E-state index in [-0.39, 0.29) is 11.7 Å². The van der Waals surface area contributed by atoms with E-state index in [4.69, 9.17) is 4.74 Å². The predicted octanol–water partition coefficient (Wildman–Crippen LogP) is 4.67. The van der Waals surface area contributed by atoms with Crippen LogP contribution in [0.3, 0.4) is 0 Å². The van der Waals surface area contributed by atoms with E-state index >= 15 is 0 Å². The molecule has 0 saturated heterocycles. The smallest absolute Gasteiger partial charge is 0.471 e. The van der Waals surface area contributed by atoms with Gasteiger partial charge < -0.3 is 4.74 Å². The Morgan fingerprint density at radius 1 is 1.15 bits per heavy atom. The summed E-state index contributed by atoms with van der Waals surface area (Å²) in [5.41, 5.74) is 1.31. The molecule has 140 valence electrons. The number of nitrogens with zero attached hydrogens (tertiary/aromatic N) is 2. The zero-order chi connectivity index (χ0) is 18.6. The molecule has 0 bridgehead atoms. The third kappa shape index (κ3) is 4.94. The van der Waals surface area contributed by atoms with Gasteiger partial charge >= 0.3 is 12.1 Å². The van der Waals surface area contributed by atoms with Gasteiger partial charge in [-0.1, -0.05) is 42.7 Å². The number of carbonyl (C=O) groups is 1. The molecule has 0 unspecified atom stereocenters. The zero-order valence-corrected chi connectivity index (χ0v) is 14.7. The number of benzene rings is 1. The van der Waals surface area contributed by atoms with Gasteiger partial charge in [0.2, 0.25) is 5.13 Å². The number of amides is 1. The number of rotatable bonds is 5. The molecule has 5 nitrogen and oxygen atoms in total. The standard InChI is InChI=1S/C17H18F3N3O2S/c18-17(19,20)15(24)21-16-23-22-14(26-16)10-25-13-8-6-12(7-9-13)11-4-2-1-3-5-11/h6-9,11H,1-5,10H2,(H,21,23,24). The van der Waals surface area contributed by atoms with Crippen molar-refractivity contribution in [3.8, 4) is 5.75 Å². The summed E-state index contributed by atoms with van der Waals surface area (Å²) in [6.07, 6.45) is 1.34. The van der Waals surface area contributed by atoms with Crippen molar-refractivity contribution in [1.29, 1.82) is 0 Å². The molecule has 1 heterocycles. The molecule has 1 aliphatic carbocycles. The van der Waals surface area contributed by atoms with Gasteiger partial charge in [-0.05, 0) is 36.5 Å². The first kappa shape index (κ1) is 18.6. The summed E-state index contributed by atoms with van der Waals surface area (Å²) in [6, 6.07) is 7.88. The molecule has 0 spiro atoms. The average molecular weight is 385 g/mol. The fourth-order valence-electron chi connectivity index (χ4n) is 2.95. The van der Waals surface area contributed by atoms with Crippen molar-refractivity contribution in [2.24, 2.45) is 0 Å². The molecule has 9 heteroatoms. The lowest BCUT2D eigenvalue weighted by Gasteiger charge is -2.22. The van der Waals surface area contributed by atoms with E-state index < -0.39 is 12.1 Å². The van der Waals surface area contributed by atoms with Crippen LogP contribution >= 0.6 is 11.3 Å². The Morgan fingerprint density at radius 3 is 2.50 bits per heavy atom. The van der Waals surface area contributed by atoms with Crippen LogP contribution in [-0.2, 0) is 11.4 Å². The molecule has 2 aromatic rings. The summed E-state index contributed by atoms with van der Waals surface area (Å²) in [6.45, 7) is 0.0718. The predicted molar refractivity (Wildman–Crippen MR) is 91.2 cm³/mol. The SMILES string of the molecule is O=C(Nc1nnc(COc2ccc(C3CCCCC3)cc2)s1)C(F)(F)F. The van der Waals surface area contributed by atoms with Crippen molar-refractivity contribution in [2.75, 3.05) is 5.32 Å². The molecule has 0 radical (unpaired) electrons. The number of halogens is 3. The molecule has 1 aromatic carbocycles. The Morgan fingerprint density at radius 2 is 1.85 bits per heavy atom. The summed E-state index contributed by atoms with van der Waals surface area (Å²) < 4.78 is 42.2. The average Bonchev–Trinajstić information content (AvgIpc) is 3.08. The highest BCUT2D eigenvalue weighted by Gasteiger charge is 2.39. The zero-order valence-electron chi connectivity index (χ0n) is 13.9. The Kier molecular flexibility index (Phi) is 5.75. The monoisotopic (exact) mass is 385 g/mol. The Bertz CT molecular complexity index is 740. The maximum absolute atomic E-state index is 12.2. The molecule has 1 aromatic heterocycles. The van der Waals surface area contributed by atoms with Crippen LogP contribution < -0.4 is 10.1 Å². The molecule has 3 rings (SSSR count). The molecule has 1 aliphatic rings. The van der Waals surface area contributed by atoms with E-state index in [9.17, 15) is 18.0 Å². The van der Waals surface area contributed by atoms with Crippen molar-refractivity contribution in [3.05, 3.63) is 34.8 Å². The van der Waals surface area contributed by atoms with E-state index in [1.807, 2.05) is 12.1 Å². The van der Waals surface area contributed by atoms with Gasteiger partial charge in [-0.25, -0.2) is 0 Å². The van der Waals surface area contributed by atoms with Crippen LogP contribution in [0.5, 0.6) is 5.75 Å². The van der Waals surface area contributed by atoms with Crippen LogP contribution in [0.1, 0.15) is 48.6 Å². The van der Waals surface area contributed by atoms with Gasteiger partial charge in [-0.2, -0.15) is 13.2 Å². The summed E-state index contributed by atoms with van der Waals surface area (Å²) in [4.78, 5) is 10.9. The fourth-order valence-corrected chi connectivity index (χ4v) is 3.60. The summed E-state index contributed by atoms with van der Waals surface area (Å²) in [5.74, 6) is -0.805. The van der Waals surface area contributed by atoms with Gasteiger partial charge in [-0.15, -0.1) is 10.2 Å². The van der Waals surface area contributed by atoms with Crippen LogP contribution in [0.4, 0.5) is 18.3 Å². The van der Waals surface area contributed by atoms with Crippen molar-refractivity contribution in [2.45, 2.75) is 50.8 Å². The maximum atomic E-state index is 12.2. The van der Waals surface area contributed by atoms with Gasteiger partial charge in [-0.3, -0.25) is 10.1 Å². The molecular weight excluding hydrogens is 367 g/mol. The van der Waals surface area contributed by atoms with Gasteiger partial charge in [0.1, 0.15) is 12.4 Å². The van der Waals surface area contributed by atoms with E-state index in [1.165, 1.54) is 37.7 Å². The van der Waals surface area contributed by atoms with Crippen molar-refractivity contribution >= 4 is 22.4 Å². The first-order valence-corrected chi connectivity index (χ1v) is 9.17. The Balaban J connectivity index is 1.52. The minimum absolute atomic E-state index is 0.0718. The van der Waals surface area contributed by atoms with E-state index in [1.54, 1.807) is 5.32 Å². The number of anilines is 1. The van der Waals surface area contributed by atoms with E-state index in [0.717, 1.165) is 11.3 Å². The van der Waals surface area contributed by atoms with Crippen molar-refractivity contribution < 1.29 is 22.7 Å². The molecule has 1 saturated carbocycles. The second-order valence-electron chi connectivity index (χ2n) is 6.15. The number of hydrogen-bond acceptors (Lipinski definition) is 5. The van der Waals surface area contributed by atoms with Crippen LogP contribution in [0.25, 0.3) is 0 Å². The van der Waals surface area contributed by atoms with Gasteiger partial charge in [0, 0.05) is 0 Å². The van der Waals surface area contributed by atoms with Crippen LogP contribution in [0.2, 0.25) is 0 Å². The summed E-state index contributed by atoms with van der Waals surface area (Å²) >= 11 is 0.843. The molecule has 0 aliphatic heterocycles. The largest absolute Gasteiger partial charge is 0.486 e. The highest BCUT2D eigenvalue weighted by molar-refractivity contribution is 7.15. The third-order valence-corrected chi connectivity index (χ3v) is 5.08. The molecule has 0 atom stereocenters. The normalized spacial score (nSPS) is 15.7. The van der Waals surface area contributed by atoms with Gasteiger partial charge in [0.25, 0.3) is 0 Å². The first-order valence-electron chi connectivity index (χ1n) is 8.35. The molecular formula is C17H18F3N3O2S. The molecule has 1 N–H and O–H groups in total. The minimum atomic E-state index is -4.96. The highest BCUT2D eigenvalue weighted by atomic mass is 32.1. The van der Waals surface area contributed by atoms with E-state index in [0.29, 0.717) is 16.7 Å². The Hall–Kier alpha value is -2.16. The second-order valence-corrected chi connectivity index (χ2v) is 7.21.